The van der Waals surface area contributed by atoms with Gasteiger partial charge in [0.15, 0.2) is 5.90 Å². The summed E-state index contributed by atoms with van der Waals surface area (Å²) in [6, 6.07) is 3.97. The fraction of sp³-hybridized carbons (Fsp3) is 0.435. The second kappa shape index (κ2) is 11.3. The Labute approximate surface area is 205 Å². The zero-order valence-corrected chi connectivity index (χ0v) is 19.8. The molecule has 1 amide bonds. The van der Waals surface area contributed by atoms with E-state index in [4.69, 9.17) is 25.5 Å². The number of rotatable bonds is 7. The van der Waals surface area contributed by atoms with Crippen LogP contribution in [0.2, 0.25) is 5.02 Å². The molecule has 1 aromatic heterocycles. The van der Waals surface area contributed by atoms with Gasteiger partial charge < -0.3 is 24.5 Å². The highest BCUT2D eigenvalue weighted by molar-refractivity contribution is 6.31. The summed E-state index contributed by atoms with van der Waals surface area (Å²) in [5.74, 6) is -0.569. The first-order valence-electron chi connectivity index (χ1n) is 11.3. The molecule has 0 radical (unpaired) electrons. The van der Waals surface area contributed by atoms with Crippen molar-refractivity contribution < 1.29 is 27.9 Å². The van der Waals surface area contributed by atoms with E-state index in [1.54, 1.807) is 6.20 Å². The number of carbonyl (C=O) groups excluding carboxylic acids is 2. The largest absolute Gasteiger partial charge is 0.477 e. The number of nitrogens with one attached hydrogen (secondary N) is 2. The van der Waals surface area contributed by atoms with Gasteiger partial charge in [0.1, 0.15) is 11.9 Å². The third-order valence-electron chi connectivity index (χ3n) is 5.82. The Bertz CT molecular complexity index is 1140. The van der Waals surface area contributed by atoms with E-state index in [2.05, 4.69) is 25.8 Å². The second-order valence-corrected chi connectivity index (χ2v) is 8.75. The van der Waals surface area contributed by atoms with E-state index in [0.29, 0.717) is 42.5 Å². The quantitative estimate of drug-likeness (QED) is 0.526. The van der Waals surface area contributed by atoms with Crippen molar-refractivity contribution >= 4 is 41.1 Å². The molecule has 1 aliphatic heterocycles. The number of allylic oxidation sites excluding steroid dienone is 1. The fourth-order valence-corrected chi connectivity index (χ4v) is 4.11. The van der Waals surface area contributed by atoms with Crippen molar-refractivity contribution in [2.75, 3.05) is 12.4 Å². The SMILES string of the molecule is COC(=O)C[C@H]1CC[C@@H](OC2=NC=C(NC(=O)c3nnc(Nc4ccc(F)c(Cl)c4)o3)CC2)CC1. The smallest absolute Gasteiger partial charge is 0.320 e. The van der Waals surface area contributed by atoms with Crippen molar-refractivity contribution in [2.45, 2.75) is 51.0 Å². The Balaban J connectivity index is 1.25. The van der Waals surface area contributed by atoms with Gasteiger partial charge in [-0.15, -0.1) is 5.10 Å². The van der Waals surface area contributed by atoms with Crippen LogP contribution >= 0.6 is 11.6 Å². The number of anilines is 2. The molecule has 1 saturated carbocycles. The Morgan fingerprint density at radius 3 is 2.69 bits per heavy atom. The molecule has 10 nitrogen and oxygen atoms in total. The number of nitrogens with zero attached hydrogens (tertiary/aromatic N) is 3. The lowest BCUT2D eigenvalue weighted by atomic mass is 9.85. The number of ether oxygens (including phenoxy) is 2. The summed E-state index contributed by atoms with van der Waals surface area (Å²) in [4.78, 5) is 28.2. The fourth-order valence-electron chi connectivity index (χ4n) is 3.93. The van der Waals surface area contributed by atoms with Crippen molar-refractivity contribution in [3.8, 4) is 0 Å². The molecule has 186 valence electrons. The average Bonchev–Trinajstić information content (AvgIpc) is 3.32. The predicted molar refractivity (Wildman–Crippen MR) is 125 cm³/mol. The highest BCUT2D eigenvalue weighted by Crippen LogP contribution is 2.30. The summed E-state index contributed by atoms with van der Waals surface area (Å²) in [5.41, 5.74) is 1.03. The van der Waals surface area contributed by atoms with Crippen LogP contribution in [0.1, 0.15) is 55.6 Å². The van der Waals surface area contributed by atoms with Crippen LogP contribution in [-0.2, 0) is 14.3 Å². The molecule has 0 unspecified atom stereocenters. The summed E-state index contributed by atoms with van der Waals surface area (Å²) in [7, 11) is 1.41. The summed E-state index contributed by atoms with van der Waals surface area (Å²) < 4.78 is 29.4. The Morgan fingerprint density at radius 2 is 2.00 bits per heavy atom. The van der Waals surface area contributed by atoms with Gasteiger partial charge in [0, 0.05) is 30.4 Å². The number of halogens is 2. The molecule has 1 aliphatic carbocycles. The highest BCUT2D eigenvalue weighted by Gasteiger charge is 2.26. The molecule has 0 saturated heterocycles. The number of aliphatic imine (C=N–C) groups is 1. The molecule has 2 aliphatic rings. The van der Waals surface area contributed by atoms with Gasteiger partial charge in [-0.3, -0.25) is 9.59 Å². The van der Waals surface area contributed by atoms with E-state index in [-0.39, 0.29) is 29.0 Å². The minimum Gasteiger partial charge on any atom is -0.477 e. The normalized spacial score (nSPS) is 19.9. The van der Waals surface area contributed by atoms with Gasteiger partial charge in [-0.2, -0.15) is 0 Å². The zero-order valence-electron chi connectivity index (χ0n) is 19.1. The summed E-state index contributed by atoms with van der Waals surface area (Å²) in [6.07, 6.45) is 6.73. The standard InChI is InChI=1S/C23H25ClFN5O5/c1-33-20(31)10-13-2-6-16(7-3-13)34-19-9-5-15(12-26-19)27-21(32)22-29-30-23(35-22)28-14-4-8-18(25)17(24)11-14/h4,8,11-13,16H,2-3,5-7,9-10H2,1H3,(H,27,32)(H,28,30)/t13-,16+. The highest BCUT2D eigenvalue weighted by atomic mass is 35.5. The maximum Gasteiger partial charge on any atom is 0.320 e. The molecule has 0 spiro atoms. The van der Waals surface area contributed by atoms with Gasteiger partial charge in [-0.25, -0.2) is 9.38 Å². The summed E-state index contributed by atoms with van der Waals surface area (Å²) >= 11 is 5.75. The lowest BCUT2D eigenvalue weighted by molar-refractivity contribution is -0.142. The maximum atomic E-state index is 13.3. The van der Waals surface area contributed by atoms with Crippen LogP contribution in [0.15, 0.2) is 39.5 Å². The Morgan fingerprint density at radius 1 is 1.20 bits per heavy atom. The zero-order chi connectivity index (χ0) is 24.8. The molecular formula is C23H25ClFN5O5. The first-order valence-corrected chi connectivity index (χ1v) is 11.6. The molecule has 0 bridgehead atoms. The maximum absolute atomic E-state index is 13.3. The van der Waals surface area contributed by atoms with E-state index in [9.17, 15) is 14.0 Å². The van der Waals surface area contributed by atoms with E-state index in [1.807, 2.05) is 0 Å². The van der Waals surface area contributed by atoms with Gasteiger partial charge in [0.25, 0.3) is 0 Å². The van der Waals surface area contributed by atoms with Gasteiger partial charge in [-0.1, -0.05) is 16.7 Å². The number of amides is 1. The number of esters is 1. The van der Waals surface area contributed by atoms with Crippen LogP contribution in [0, 0.1) is 11.7 Å². The van der Waals surface area contributed by atoms with E-state index in [0.717, 1.165) is 25.7 Å². The average molecular weight is 506 g/mol. The van der Waals surface area contributed by atoms with Gasteiger partial charge >= 0.3 is 23.8 Å². The van der Waals surface area contributed by atoms with Crippen molar-refractivity contribution in [2.24, 2.45) is 10.9 Å². The monoisotopic (exact) mass is 505 g/mol. The van der Waals surface area contributed by atoms with E-state index in [1.165, 1.54) is 25.3 Å². The number of aromatic nitrogens is 2. The van der Waals surface area contributed by atoms with E-state index < -0.39 is 11.7 Å². The van der Waals surface area contributed by atoms with Crippen LogP contribution in [0.25, 0.3) is 0 Å². The Hall–Kier alpha value is -3.47. The molecular weight excluding hydrogens is 481 g/mol. The molecule has 2 N–H and O–H groups in total. The van der Waals surface area contributed by atoms with Crippen LogP contribution in [0.5, 0.6) is 0 Å². The van der Waals surface area contributed by atoms with Crippen molar-refractivity contribution in [1.29, 1.82) is 0 Å². The van der Waals surface area contributed by atoms with Gasteiger partial charge in [0.2, 0.25) is 0 Å². The molecule has 4 rings (SSSR count). The molecule has 35 heavy (non-hydrogen) atoms. The summed E-state index contributed by atoms with van der Waals surface area (Å²) in [5, 5.41) is 12.9. The van der Waals surface area contributed by atoms with Crippen LogP contribution in [0.3, 0.4) is 0 Å². The van der Waals surface area contributed by atoms with Crippen LogP contribution in [0.4, 0.5) is 16.1 Å². The lowest BCUT2D eigenvalue weighted by Gasteiger charge is -2.29. The molecule has 2 aromatic rings. The van der Waals surface area contributed by atoms with Crippen molar-refractivity contribution in [3.05, 3.63) is 46.8 Å². The van der Waals surface area contributed by atoms with Crippen molar-refractivity contribution in [3.63, 3.8) is 0 Å². The molecule has 12 heteroatoms. The number of benzene rings is 1. The van der Waals surface area contributed by atoms with Gasteiger partial charge in [0.05, 0.1) is 12.1 Å². The molecule has 0 atom stereocenters. The third kappa shape index (κ3) is 6.78. The molecule has 2 heterocycles. The second-order valence-electron chi connectivity index (χ2n) is 8.34. The summed E-state index contributed by atoms with van der Waals surface area (Å²) in [6.45, 7) is 0. The number of hydrogen-bond donors (Lipinski definition) is 2. The first-order chi connectivity index (χ1) is 16.9. The van der Waals surface area contributed by atoms with Crippen LogP contribution < -0.4 is 10.6 Å². The number of methoxy groups -OCH3 is 1. The minimum atomic E-state index is -0.572. The van der Waals surface area contributed by atoms with Crippen molar-refractivity contribution in [1.82, 2.24) is 15.5 Å². The van der Waals surface area contributed by atoms with Crippen LogP contribution in [-0.4, -0.2) is 41.2 Å². The molecule has 1 aromatic carbocycles. The first kappa shape index (κ1) is 24.6. The predicted octanol–water partition coefficient (Wildman–Crippen LogP) is 4.51. The third-order valence-corrected chi connectivity index (χ3v) is 6.11. The van der Waals surface area contributed by atoms with E-state index >= 15 is 0 Å². The van der Waals surface area contributed by atoms with Gasteiger partial charge in [-0.05, 0) is 56.2 Å². The number of hydrogen-bond acceptors (Lipinski definition) is 9. The Kier molecular flexibility index (Phi) is 7.96. The lowest BCUT2D eigenvalue weighted by Crippen LogP contribution is -2.28. The topological polar surface area (TPSA) is 128 Å². The minimum absolute atomic E-state index is 0.0366. The molecule has 1 fully saturated rings. The number of carbonyl (C=O) groups is 2.